The monoisotopic (exact) mass is 492 g/mol. The minimum absolute atomic E-state index is 0.0351. The summed E-state index contributed by atoms with van der Waals surface area (Å²) < 4.78 is 6.16. The number of likely N-dealkylation sites (tertiary alicyclic amines) is 1. The lowest BCUT2D eigenvalue weighted by atomic mass is 10.00. The summed E-state index contributed by atoms with van der Waals surface area (Å²) in [5, 5.41) is 10.9. The lowest BCUT2D eigenvalue weighted by molar-refractivity contribution is -0.128. The van der Waals surface area contributed by atoms with E-state index in [-0.39, 0.29) is 17.9 Å². The van der Waals surface area contributed by atoms with Crippen molar-refractivity contribution in [1.82, 2.24) is 14.7 Å². The number of nitrogens with zero attached hydrogens (tertiary/aromatic N) is 4. The van der Waals surface area contributed by atoms with Crippen molar-refractivity contribution in [2.75, 3.05) is 57.8 Å². The van der Waals surface area contributed by atoms with Gasteiger partial charge < -0.3 is 24.5 Å². The molecule has 0 saturated carbocycles. The molecule has 2 aromatic carbocycles. The summed E-state index contributed by atoms with van der Waals surface area (Å²) in [7, 11) is 1.98. The summed E-state index contributed by atoms with van der Waals surface area (Å²) in [5.41, 5.74) is 4.17. The first kappa shape index (κ1) is 24.6. The number of likely N-dealkylation sites (N-methyl/N-ethyl adjacent to an activating group) is 1. The van der Waals surface area contributed by atoms with Crippen LogP contribution in [0.15, 0.2) is 42.5 Å². The van der Waals surface area contributed by atoms with E-state index < -0.39 is 6.10 Å². The largest absolute Gasteiger partial charge is 0.488 e. The quantitative estimate of drug-likeness (QED) is 0.665. The molecule has 0 bridgehead atoms. The number of β-amino-alcohol motifs (C(OH)–C–C–N with tert-alkyl or cyclic N) is 1. The molecule has 1 N–H and O–H groups in total. The van der Waals surface area contributed by atoms with E-state index in [4.69, 9.17) is 4.74 Å². The molecule has 1 saturated heterocycles. The van der Waals surface area contributed by atoms with Crippen LogP contribution in [0, 0.1) is 0 Å². The molecular formula is C28H36N4O4. The van der Waals surface area contributed by atoms with Crippen LogP contribution in [-0.2, 0) is 17.8 Å². The second kappa shape index (κ2) is 10.5. The van der Waals surface area contributed by atoms with Gasteiger partial charge >= 0.3 is 0 Å². The van der Waals surface area contributed by atoms with E-state index in [9.17, 15) is 14.7 Å². The molecule has 3 heterocycles. The number of rotatable bonds is 6. The minimum atomic E-state index is -0.611. The van der Waals surface area contributed by atoms with Crippen LogP contribution < -0.4 is 9.64 Å². The zero-order valence-corrected chi connectivity index (χ0v) is 21.2. The number of carbonyl (C=O) groups is 2. The Balaban J connectivity index is 1.21. The number of ether oxygens (including phenoxy) is 1. The summed E-state index contributed by atoms with van der Waals surface area (Å²) >= 11 is 0. The molecule has 2 amide bonds. The maximum atomic E-state index is 13.4. The lowest BCUT2D eigenvalue weighted by Crippen LogP contribution is -2.44. The minimum Gasteiger partial charge on any atom is -0.488 e. The van der Waals surface area contributed by atoms with Crippen LogP contribution in [0.3, 0.4) is 0 Å². The van der Waals surface area contributed by atoms with E-state index in [1.807, 2.05) is 25.2 Å². The van der Waals surface area contributed by atoms with Gasteiger partial charge in [0.2, 0.25) is 5.91 Å². The Morgan fingerprint density at radius 3 is 2.67 bits per heavy atom. The van der Waals surface area contributed by atoms with E-state index in [2.05, 4.69) is 34.1 Å². The number of aliphatic hydroxyl groups is 1. The molecule has 0 spiro atoms. The first-order valence-electron chi connectivity index (χ1n) is 12.9. The Hall–Kier alpha value is -3.10. The molecule has 3 aliphatic rings. The number of hydrogen-bond acceptors (Lipinski definition) is 6. The number of aliphatic hydroxyl groups excluding tert-OH is 1. The van der Waals surface area contributed by atoms with E-state index in [0.717, 1.165) is 31.6 Å². The van der Waals surface area contributed by atoms with Gasteiger partial charge in [-0.15, -0.1) is 0 Å². The van der Waals surface area contributed by atoms with Crippen LogP contribution in [0.1, 0.15) is 34.8 Å². The van der Waals surface area contributed by atoms with Gasteiger partial charge in [0.15, 0.2) is 0 Å². The van der Waals surface area contributed by atoms with Gasteiger partial charge in [0.25, 0.3) is 5.91 Å². The van der Waals surface area contributed by atoms with Gasteiger partial charge in [-0.05, 0) is 29.7 Å². The zero-order valence-electron chi connectivity index (χ0n) is 21.2. The van der Waals surface area contributed by atoms with Crippen molar-refractivity contribution < 1.29 is 19.4 Å². The van der Waals surface area contributed by atoms with Gasteiger partial charge in [-0.2, -0.15) is 0 Å². The molecule has 2 atom stereocenters. The number of anilines is 1. The van der Waals surface area contributed by atoms with Crippen molar-refractivity contribution in [1.29, 1.82) is 0 Å². The Kier molecular flexibility index (Phi) is 7.16. The Bertz CT molecular complexity index is 1120. The van der Waals surface area contributed by atoms with Crippen LogP contribution in [0.25, 0.3) is 0 Å². The average Bonchev–Trinajstić information content (AvgIpc) is 3.30. The molecule has 8 heteroatoms. The highest BCUT2D eigenvalue weighted by molar-refractivity contribution is 6.00. The molecule has 5 rings (SSSR count). The first-order valence-corrected chi connectivity index (χ1v) is 12.9. The fraction of sp³-hybridized carbons (Fsp3) is 0.500. The summed E-state index contributed by atoms with van der Waals surface area (Å²) in [5.74, 6) is 0.718. The van der Waals surface area contributed by atoms with Crippen LogP contribution in [0.4, 0.5) is 5.69 Å². The van der Waals surface area contributed by atoms with Gasteiger partial charge in [0.05, 0.1) is 23.9 Å². The third-order valence-corrected chi connectivity index (χ3v) is 7.61. The fourth-order valence-electron chi connectivity index (χ4n) is 5.54. The first-order chi connectivity index (χ1) is 17.4. The molecule has 1 fully saturated rings. The number of benzene rings is 2. The number of hydrogen-bond donors (Lipinski definition) is 1. The average molecular weight is 493 g/mol. The second-order valence-electron chi connectivity index (χ2n) is 10.3. The zero-order chi connectivity index (χ0) is 25.2. The maximum absolute atomic E-state index is 13.4. The van der Waals surface area contributed by atoms with Crippen molar-refractivity contribution in [2.45, 2.75) is 38.5 Å². The van der Waals surface area contributed by atoms with Crippen molar-refractivity contribution in [3.63, 3.8) is 0 Å². The Morgan fingerprint density at radius 1 is 1.08 bits per heavy atom. The number of amides is 2. The van der Waals surface area contributed by atoms with Crippen LogP contribution in [-0.4, -0.2) is 96.7 Å². The third-order valence-electron chi connectivity index (χ3n) is 7.61. The highest BCUT2D eigenvalue weighted by atomic mass is 16.5. The molecule has 2 aromatic rings. The lowest BCUT2D eigenvalue weighted by Gasteiger charge is -2.32. The highest BCUT2D eigenvalue weighted by Crippen LogP contribution is 2.30. The predicted octanol–water partition coefficient (Wildman–Crippen LogP) is 2.00. The molecule has 0 aliphatic carbocycles. The topological polar surface area (TPSA) is 76.6 Å². The van der Waals surface area contributed by atoms with Gasteiger partial charge in [0, 0.05) is 72.3 Å². The third kappa shape index (κ3) is 5.34. The molecule has 0 radical (unpaired) electrons. The molecule has 36 heavy (non-hydrogen) atoms. The summed E-state index contributed by atoms with van der Waals surface area (Å²) in [6, 6.07) is 14.1. The molecule has 1 unspecified atom stereocenters. The van der Waals surface area contributed by atoms with Crippen LogP contribution in [0.2, 0.25) is 0 Å². The maximum Gasteiger partial charge on any atom is 0.256 e. The SMILES string of the molecule is CC(=O)N1CC[C@@H](Oc2ccc3c(c2)N(C)CCN(CC(O)CN2CCc4ccccc4C2)C3=O)C1. The Labute approximate surface area is 213 Å². The molecule has 0 aromatic heterocycles. The second-order valence-corrected chi connectivity index (χ2v) is 10.3. The van der Waals surface area contributed by atoms with Crippen molar-refractivity contribution in [2.24, 2.45) is 0 Å². The summed E-state index contributed by atoms with van der Waals surface area (Å²) in [6.07, 6.45) is 1.15. The smallest absolute Gasteiger partial charge is 0.256 e. The van der Waals surface area contributed by atoms with Crippen molar-refractivity contribution >= 4 is 17.5 Å². The van der Waals surface area contributed by atoms with Gasteiger partial charge in [0.1, 0.15) is 11.9 Å². The van der Waals surface area contributed by atoms with E-state index in [0.29, 0.717) is 50.6 Å². The standard InChI is InChI=1S/C28H36N4O4/c1-20(33)31-12-10-25(19-31)36-24-7-8-26-27(15-24)29(2)13-14-32(28(26)35)18-23(34)17-30-11-9-21-5-3-4-6-22(21)16-30/h3-8,15,23,25,34H,9-14,16-19H2,1-2H3/t23?,25-/m1/s1. The summed E-state index contributed by atoms with van der Waals surface area (Å²) in [4.78, 5) is 33.0. The van der Waals surface area contributed by atoms with Gasteiger partial charge in [-0.25, -0.2) is 0 Å². The normalized spacial score (nSPS) is 21.1. The molecule has 192 valence electrons. The van der Waals surface area contributed by atoms with E-state index >= 15 is 0 Å². The molecular weight excluding hydrogens is 456 g/mol. The van der Waals surface area contributed by atoms with E-state index in [1.165, 1.54) is 11.1 Å². The number of fused-ring (bicyclic) bond motifs is 2. The highest BCUT2D eigenvalue weighted by Gasteiger charge is 2.29. The summed E-state index contributed by atoms with van der Waals surface area (Å²) in [6.45, 7) is 6.73. The fourth-order valence-corrected chi connectivity index (χ4v) is 5.54. The van der Waals surface area contributed by atoms with Gasteiger partial charge in [-0.1, -0.05) is 24.3 Å². The van der Waals surface area contributed by atoms with E-state index in [1.54, 1.807) is 16.7 Å². The number of carbonyl (C=O) groups excluding carboxylic acids is 2. The molecule has 3 aliphatic heterocycles. The predicted molar refractivity (Wildman–Crippen MR) is 138 cm³/mol. The van der Waals surface area contributed by atoms with Crippen LogP contribution in [0.5, 0.6) is 5.75 Å². The molecule has 8 nitrogen and oxygen atoms in total. The van der Waals surface area contributed by atoms with Crippen molar-refractivity contribution in [3.05, 3.63) is 59.2 Å². The Morgan fingerprint density at radius 2 is 1.89 bits per heavy atom. The van der Waals surface area contributed by atoms with Crippen LogP contribution >= 0.6 is 0 Å². The van der Waals surface area contributed by atoms with Crippen molar-refractivity contribution in [3.8, 4) is 5.75 Å². The van der Waals surface area contributed by atoms with Gasteiger partial charge in [-0.3, -0.25) is 14.5 Å².